The molecule has 1 aliphatic carbocycles. The number of ether oxygens (including phenoxy) is 2. The van der Waals surface area contributed by atoms with Gasteiger partial charge >= 0.3 is 5.97 Å². The van der Waals surface area contributed by atoms with E-state index >= 15 is 0 Å². The van der Waals surface area contributed by atoms with Gasteiger partial charge in [-0.15, -0.1) is 11.8 Å². The molecule has 0 N–H and O–H groups in total. The summed E-state index contributed by atoms with van der Waals surface area (Å²) < 4.78 is 11.9. The largest absolute Gasteiger partial charge is 0.461 e. The van der Waals surface area contributed by atoms with Crippen LogP contribution in [0.2, 0.25) is 0 Å². The first-order chi connectivity index (χ1) is 12.3. The number of fused-ring (bicyclic) bond motifs is 8. The number of likely N-dealkylation sites (tertiary alicyclic amines) is 1. The molecule has 4 aliphatic rings. The molecule has 4 nitrogen and oxygen atoms in total. The number of nitrogens with zero attached hydrogens (tertiary/aromatic N) is 1. The summed E-state index contributed by atoms with van der Waals surface area (Å²) in [4.78, 5) is 14.6. The third kappa shape index (κ3) is 2.54. The van der Waals surface area contributed by atoms with Crippen LogP contribution in [0.3, 0.4) is 0 Å². The zero-order valence-corrected chi connectivity index (χ0v) is 15.4. The molecule has 134 valence electrons. The van der Waals surface area contributed by atoms with E-state index in [4.69, 9.17) is 9.47 Å². The van der Waals surface area contributed by atoms with E-state index in [-0.39, 0.29) is 18.2 Å². The summed E-state index contributed by atoms with van der Waals surface area (Å²) in [5.41, 5.74) is 2.94. The molecule has 0 aromatic heterocycles. The van der Waals surface area contributed by atoms with Crippen molar-refractivity contribution in [1.82, 2.24) is 4.90 Å². The average molecular weight is 359 g/mol. The Bertz CT molecular complexity index is 677. The van der Waals surface area contributed by atoms with Crippen molar-refractivity contribution >= 4 is 17.7 Å². The van der Waals surface area contributed by atoms with Gasteiger partial charge in [-0.25, -0.2) is 0 Å². The van der Waals surface area contributed by atoms with Crippen molar-refractivity contribution in [2.75, 3.05) is 26.7 Å². The van der Waals surface area contributed by atoms with Crippen molar-refractivity contribution < 1.29 is 14.3 Å². The molecular weight excluding hydrogens is 334 g/mol. The Kier molecular flexibility index (Phi) is 4.06. The van der Waals surface area contributed by atoms with Crippen LogP contribution in [0.15, 0.2) is 24.3 Å². The van der Waals surface area contributed by atoms with E-state index in [1.54, 1.807) is 0 Å². The summed E-state index contributed by atoms with van der Waals surface area (Å²) in [7, 11) is 1.83. The van der Waals surface area contributed by atoms with Crippen LogP contribution in [0.4, 0.5) is 0 Å². The first-order valence-corrected chi connectivity index (χ1v) is 10.4. The minimum atomic E-state index is -0.0413. The molecule has 5 rings (SSSR count). The highest BCUT2D eigenvalue weighted by Gasteiger charge is 2.59. The molecule has 2 saturated heterocycles. The molecule has 0 radical (unpaired) electrons. The fourth-order valence-electron chi connectivity index (χ4n) is 5.27. The zero-order valence-electron chi connectivity index (χ0n) is 14.6. The third-order valence-electron chi connectivity index (χ3n) is 6.53. The van der Waals surface area contributed by atoms with Gasteiger partial charge in [0, 0.05) is 29.4 Å². The maximum absolute atomic E-state index is 12.4. The predicted molar refractivity (Wildman–Crippen MR) is 97.5 cm³/mol. The molecule has 5 heteroatoms. The molecule has 6 atom stereocenters. The van der Waals surface area contributed by atoms with Crippen LogP contribution in [0.1, 0.15) is 40.9 Å². The lowest BCUT2D eigenvalue weighted by atomic mass is 9.66. The van der Waals surface area contributed by atoms with Gasteiger partial charge in [0.25, 0.3) is 0 Å². The maximum atomic E-state index is 12.4. The summed E-state index contributed by atoms with van der Waals surface area (Å²) in [6.45, 7) is 2.52. The highest BCUT2D eigenvalue weighted by atomic mass is 32.2. The fourth-order valence-corrected chi connectivity index (χ4v) is 7.39. The fraction of sp³-hybridized carbons (Fsp3) is 0.650. The lowest BCUT2D eigenvalue weighted by Crippen LogP contribution is -2.47. The van der Waals surface area contributed by atoms with Gasteiger partial charge in [-0.05, 0) is 43.5 Å². The normalized spacial score (nSPS) is 38.8. The summed E-state index contributed by atoms with van der Waals surface area (Å²) in [6.07, 6.45) is 3.45. The van der Waals surface area contributed by atoms with E-state index in [0.717, 1.165) is 25.9 Å². The van der Waals surface area contributed by atoms with Crippen molar-refractivity contribution in [2.45, 2.75) is 42.0 Å². The molecule has 2 unspecified atom stereocenters. The Labute approximate surface area is 153 Å². The van der Waals surface area contributed by atoms with Crippen LogP contribution in [0, 0.1) is 11.8 Å². The number of carbonyl (C=O) groups excluding carboxylic acids is 1. The molecule has 0 amide bonds. The number of hydrogen-bond donors (Lipinski definition) is 0. The Morgan fingerprint density at radius 1 is 1.12 bits per heavy atom. The van der Waals surface area contributed by atoms with Gasteiger partial charge in [-0.2, -0.15) is 0 Å². The van der Waals surface area contributed by atoms with Gasteiger partial charge in [-0.1, -0.05) is 24.3 Å². The van der Waals surface area contributed by atoms with E-state index in [1.807, 2.05) is 7.11 Å². The van der Waals surface area contributed by atoms with Gasteiger partial charge < -0.3 is 9.47 Å². The van der Waals surface area contributed by atoms with Crippen molar-refractivity contribution in [3.63, 3.8) is 0 Å². The van der Waals surface area contributed by atoms with Crippen molar-refractivity contribution in [1.29, 1.82) is 0 Å². The molecular formula is C20H25NO3S. The number of esters is 1. The molecule has 25 heavy (non-hydrogen) atoms. The lowest BCUT2D eigenvalue weighted by Gasteiger charge is -2.44. The second kappa shape index (κ2) is 6.29. The number of hydrogen-bond acceptors (Lipinski definition) is 5. The maximum Gasteiger partial charge on any atom is 0.320 e. The van der Waals surface area contributed by atoms with E-state index < -0.39 is 0 Å². The van der Waals surface area contributed by atoms with E-state index in [1.165, 1.54) is 17.5 Å². The van der Waals surface area contributed by atoms with Gasteiger partial charge in [0.1, 0.15) is 6.10 Å². The number of thioether (sulfide) groups is 1. The third-order valence-corrected chi connectivity index (χ3v) is 8.25. The van der Waals surface area contributed by atoms with E-state index in [0.29, 0.717) is 28.9 Å². The number of rotatable bonds is 4. The second-order valence-corrected chi connectivity index (χ2v) is 9.06. The van der Waals surface area contributed by atoms with Crippen LogP contribution in [0.5, 0.6) is 0 Å². The van der Waals surface area contributed by atoms with Crippen molar-refractivity contribution in [2.24, 2.45) is 11.8 Å². The second-order valence-electron chi connectivity index (χ2n) is 7.77. The van der Waals surface area contributed by atoms with E-state index in [2.05, 4.69) is 40.9 Å². The number of benzene rings is 1. The predicted octanol–water partition coefficient (Wildman–Crippen LogP) is 3.19. The van der Waals surface area contributed by atoms with E-state index in [9.17, 15) is 4.79 Å². The Balaban J connectivity index is 1.39. The van der Waals surface area contributed by atoms with Crippen LogP contribution in [0.25, 0.3) is 0 Å². The van der Waals surface area contributed by atoms with Gasteiger partial charge in [0.05, 0.1) is 12.6 Å². The first kappa shape index (κ1) is 16.2. The smallest absolute Gasteiger partial charge is 0.320 e. The molecule has 3 heterocycles. The Hall–Kier alpha value is -1.04. The highest BCUT2D eigenvalue weighted by molar-refractivity contribution is 8.00. The summed E-state index contributed by atoms with van der Waals surface area (Å²) in [5.74, 6) is 0.815. The standard InChI is InChI=1S/C20H25NO3S/c1-23-14-7-8-15(24-16(22)11-21-9-4-10-21)18-17(14)19-12-5-2-3-6-13(12)20(18)25-19/h2-3,5-6,14-15,17-20H,4,7-11H2,1H3/t14-,15+,17?,18?,19-,20+/m0/s1. The van der Waals surface area contributed by atoms with Gasteiger partial charge in [0.2, 0.25) is 0 Å². The SMILES string of the molecule is CO[C@H]1CC[C@@H](OC(=O)CN2CCC2)C2C1[C@H]1S[C@@H]2c2ccccc21. The molecule has 3 fully saturated rings. The summed E-state index contributed by atoms with van der Waals surface area (Å²) >= 11 is 2.06. The van der Waals surface area contributed by atoms with Crippen LogP contribution < -0.4 is 0 Å². The zero-order chi connectivity index (χ0) is 17.0. The minimum absolute atomic E-state index is 0.0413. The molecule has 1 saturated carbocycles. The quantitative estimate of drug-likeness (QED) is 0.772. The summed E-state index contributed by atoms with van der Waals surface area (Å²) in [5, 5.41) is 0.944. The minimum Gasteiger partial charge on any atom is -0.461 e. The molecule has 1 aromatic rings. The Morgan fingerprint density at radius 3 is 2.36 bits per heavy atom. The van der Waals surface area contributed by atoms with Crippen LogP contribution in [-0.4, -0.2) is 49.8 Å². The van der Waals surface area contributed by atoms with Gasteiger partial charge in [-0.3, -0.25) is 9.69 Å². The van der Waals surface area contributed by atoms with Crippen molar-refractivity contribution in [3.8, 4) is 0 Å². The van der Waals surface area contributed by atoms with Gasteiger partial charge in [0.15, 0.2) is 0 Å². The summed E-state index contributed by atoms with van der Waals surface area (Å²) in [6, 6.07) is 8.81. The lowest BCUT2D eigenvalue weighted by molar-refractivity contribution is -0.161. The highest BCUT2D eigenvalue weighted by Crippen LogP contribution is 2.70. The average Bonchev–Trinajstić information content (AvgIpc) is 3.16. The first-order valence-electron chi connectivity index (χ1n) is 9.45. The molecule has 3 aliphatic heterocycles. The molecule has 2 bridgehead atoms. The molecule has 1 aromatic carbocycles. The molecule has 0 spiro atoms. The van der Waals surface area contributed by atoms with Crippen molar-refractivity contribution in [3.05, 3.63) is 35.4 Å². The monoisotopic (exact) mass is 359 g/mol. The Morgan fingerprint density at radius 2 is 1.76 bits per heavy atom. The number of carbonyl (C=O) groups is 1. The van der Waals surface area contributed by atoms with Crippen LogP contribution >= 0.6 is 11.8 Å². The topological polar surface area (TPSA) is 38.8 Å². The number of methoxy groups -OCH3 is 1. The van der Waals surface area contributed by atoms with Crippen LogP contribution in [-0.2, 0) is 14.3 Å².